The number of hydrogen-bond donors (Lipinski definition) is 1. The predicted octanol–water partition coefficient (Wildman–Crippen LogP) is 3.46. The Bertz CT molecular complexity index is 1250. The lowest BCUT2D eigenvalue weighted by molar-refractivity contribution is -0.386. The standard InChI is InChI=1S/C21H17FN6O4/c22-16-7-5-15(6-8-16)12-27-13-17(11-23-27)24-21(29)18-9-10-26(25-18)14-32-20-4-2-1-3-19(20)28(30)31/h1-11,13H,12,14H2,(H,24,29). The Hall–Kier alpha value is -4.54. The predicted molar refractivity (Wildman–Crippen MR) is 112 cm³/mol. The van der Waals surface area contributed by atoms with Crippen molar-refractivity contribution in [2.24, 2.45) is 0 Å². The lowest BCUT2D eigenvalue weighted by Gasteiger charge is -2.06. The zero-order valence-corrected chi connectivity index (χ0v) is 16.6. The lowest BCUT2D eigenvalue weighted by atomic mass is 10.2. The second-order valence-electron chi connectivity index (χ2n) is 6.75. The van der Waals surface area contributed by atoms with Crippen LogP contribution in [0.3, 0.4) is 0 Å². The molecule has 0 saturated carbocycles. The molecule has 2 aromatic heterocycles. The molecular formula is C21H17FN6O4. The molecule has 0 atom stereocenters. The minimum atomic E-state index is -0.534. The second kappa shape index (κ2) is 9.08. The van der Waals surface area contributed by atoms with Gasteiger partial charge in [-0.2, -0.15) is 10.2 Å². The third kappa shape index (κ3) is 4.95. The Morgan fingerprint density at radius 1 is 1.12 bits per heavy atom. The quantitative estimate of drug-likeness (QED) is 0.334. The van der Waals surface area contributed by atoms with Gasteiger partial charge in [0.05, 0.1) is 23.4 Å². The van der Waals surface area contributed by atoms with Gasteiger partial charge in [0.15, 0.2) is 18.2 Å². The zero-order chi connectivity index (χ0) is 22.5. The van der Waals surface area contributed by atoms with E-state index in [0.29, 0.717) is 12.2 Å². The molecule has 0 saturated heterocycles. The normalized spacial score (nSPS) is 10.7. The van der Waals surface area contributed by atoms with Crippen molar-refractivity contribution >= 4 is 17.3 Å². The van der Waals surface area contributed by atoms with Crippen LogP contribution < -0.4 is 10.1 Å². The van der Waals surface area contributed by atoms with E-state index in [-0.39, 0.29) is 29.7 Å². The number of nitrogens with zero attached hydrogens (tertiary/aromatic N) is 5. The summed E-state index contributed by atoms with van der Waals surface area (Å²) in [5.41, 5.74) is 1.32. The average Bonchev–Trinajstić information content (AvgIpc) is 3.43. The van der Waals surface area contributed by atoms with Gasteiger partial charge in [-0.15, -0.1) is 0 Å². The molecule has 10 nitrogen and oxygen atoms in total. The van der Waals surface area contributed by atoms with Crippen molar-refractivity contribution in [1.29, 1.82) is 0 Å². The third-order valence-corrected chi connectivity index (χ3v) is 4.44. The Morgan fingerprint density at radius 2 is 1.91 bits per heavy atom. The number of aromatic nitrogens is 4. The number of amides is 1. The van der Waals surface area contributed by atoms with E-state index in [1.807, 2.05) is 0 Å². The van der Waals surface area contributed by atoms with Crippen molar-refractivity contribution in [2.75, 3.05) is 5.32 Å². The molecule has 0 bridgehead atoms. The van der Waals surface area contributed by atoms with Gasteiger partial charge in [-0.1, -0.05) is 24.3 Å². The highest BCUT2D eigenvalue weighted by molar-refractivity contribution is 6.02. The number of hydrogen-bond acceptors (Lipinski definition) is 6. The van der Waals surface area contributed by atoms with Crippen LogP contribution in [0, 0.1) is 15.9 Å². The Morgan fingerprint density at radius 3 is 2.69 bits per heavy atom. The van der Waals surface area contributed by atoms with Gasteiger partial charge in [-0.3, -0.25) is 19.6 Å². The fourth-order valence-electron chi connectivity index (χ4n) is 2.91. The molecule has 0 spiro atoms. The van der Waals surface area contributed by atoms with Crippen LogP contribution in [-0.2, 0) is 13.3 Å². The third-order valence-electron chi connectivity index (χ3n) is 4.44. The molecule has 1 amide bonds. The number of nitro benzene ring substituents is 1. The molecule has 0 aliphatic rings. The monoisotopic (exact) mass is 436 g/mol. The van der Waals surface area contributed by atoms with Crippen LogP contribution in [0.1, 0.15) is 16.1 Å². The second-order valence-corrected chi connectivity index (χ2v) is 6.75. The van der Waals surface area contributed by atoms with Crippen LogP contribution >= 0.6 is 0 Å². The molecule has 0 aliphatic carbocycles. The van der Waals surface area contributed by atoms with E-state index in [2.05, 4.69) is 15.5 Å². The highest BCUT2D eigenvalue weighted by Gasteiger charge is 2.15. The first-order chi connectivity index (χ1) is 15.5. The van der Waals surface area contributed by atoms with Crippen molar-refractivity contribution in [1.82, 2.24) is 19.6 Å². The molecule has 162 valence electrons. The van der Waals surface area contributed by atoms with Gasteiger partial charge in [0, 0.05) is 18.5 Å². The van der Waals surface area contributed by atoms with E-state index in [1.54, 1.807) is 35.1 Å². The molecule has 0 fully saturated rings. The first-order valence-corrected chi connectivity index (χ1v) is 9.46. The maximum atomic E-state index is 13.0. The summed E-state index contributed by atoms with van der Waals surface area (Å²) in [4.78, 5) is 23.0. The van der Waals surface area contributed by atoms with Crippen LogP contribution in [-0.4, -0.2) is 30.4 Å². The van der Waals surface area contributed by atoms with Crippen molar-refractivity contribution < 1.29 is 18.8 Å². The van der Waals surface area contributed by atoms with Gasteiger partial charge in [0.2, 0.25) is 0 Å². The minimum Gasteiger partial charge on any atom is -0.464 e. The Kier molecular flexibility index (Phi) is 5.88. The molecule has 1 N–H and O–H groups in total. The smallest absolute Gasteiger partial charge is 0.311 e. The van der Waals surface area contributed by atoms with Crippen molar-refractivity contribution in [3.05, 3.63) is 100 Å². The van der Waals surface area contributed by atoms with Crippen LogP contribution in [0.25, 0.3) is 0 Å². The average molecular weight is 436 g/mol. The maximum absolute atomic E-state index is 13.0. The summed E-state index contributed by atoms with van der Waals surface area (Å²) in [6.07, 6.45) is 4.67. The van der Waals surface area contributed by atoms with Crippen molar-refractivity contribution in [3.63, 3.8) is 0 Å². The van der Waals surface area contributed by atoms with Crippen LogP contribution in [0.15, 0.2) is 73.2 Å². The summed E-state index contributed by atoms with van der Waals surface area (Å²) in [5.74, 6) is -0.655. The number of halogens is 1. The number of carbonyl (C=O) groups excluding carboxylic acids is 1. The highest BCUT2D eigenvalue weighted by atomic mass is 19.1. The van der Waals surface area contributed by atoms with Gasteiger partial charge in [0.25, 0.3) is 5.91 Å². The molecule has 4 rings (SSSR count). The minimum absolute atomic E-state index is 0.103. The fraction of sp³-hybridized carbons (Fsp3) is 0.0952. The van der Waals surface area contributed by atoms with E-state index in [4.69, 9.17) is 4.74 Å². The first-order valence-electron chi connectivity index (χ1n) is 9.46. The van der Waals surface area contributed by atoms with Crippen LogP contribution in [0.2, 0.25) is 0 Å². The number of nitro groups is 1. The summed E-state index contributed by atoms with van der Waals surface area (Å²) in [6.45, 7) is 0.321. The van der Waals surface area contributed by atoms with Crippen molar-refractivity contribution in [3.8, 4) is 5.75 Å². The number of para-hydroxylation sites is 2. The number of ether oxygens (including phenoxy) is 1. The number of nitrogens with one attached hydrogen (secondary N) is 1. The molecule has 0 aliphatic heterocycles. The van der Waals surface area contributed by atoms with Crippen LogP contribution in [0.5, 0.6) is 5.75 Å². The highest BCUT2D eigenvalue weighted by Crippen LogP contribution is 2.26. The van der Waals surface area contributed by atoms with Gasteiger partial charge >= 0.3 is 5.69 Å². The number of anilines is 1. The molecular weight excluding hydrogens is 419 g/mol. The Labute approximate surface area is 181 Å². The zero-order valence-electron chi connectivity index (χ0n) is 16.6. The summed E-state index contributed by atoms with van der Waals surface area (Å²) >= 11 is 0. The number of rotatable bonds is 8. The number of carbonyl (C=O) groups is 1. The van der Waals surface area contributed by atoms with Gasteiger partial charge in [0.1, 0.15) is 5.82 Å². The lowest BCUT2D eigenvalue weighted by Crippen LogP contribution is -2.14. The molecule has 4 aromatic rings. The Balaban J connectivity index is 1.35. The van der Waals surface area contributed by atoms with Gasteiger partial charge in [-0.25, -0.2) is 9.07 Å². The summed E-state index contributed by atoms with van der Waals surface area (Å²) in [7, 11) is 0. The van der Waals surface area contributed by atoms with E-state index in [9.17, 15) is 19.3 Å². The topological polar surface area (TPSA) is 117 Å². The molecule has 0 unspecified atom stereocenters. The molecule has 2 aromatic carbocycles. The summed E-state index contributed by atoms with van der Waals surface area (Å²) < 4.78 is 21.4. The molecule has 2 heterocycles. The van der Waals surface area contributed by atoms with E-state index in [1.165, 1.54) is 47.4 Å². The van der Waals surface area contributed by atoms with E-state index >= 15 is 0 Å². The van der Waals surface area contributed by atoms with E-state index in [0.717, 1.165) is 5.56 Å². The van der Waals surface area contributed by atoms with E-state index < -0.39 is 10.8 Å². The summed E-state index contributed by atoms with van der Waals surface area (Å²) in [5, 5.41) is 22.0. The largest absolute Gasteiger partial charge is 0.464 e. The maximum Gasteiger partial charge on any atom is 0.311 e. The summed E-state index contributed by atoms with van der Waals surface area (Å²) in [6, 6.07) is 13.6. The SMILES string of the molecule is O=C(Nc1cnn(Cc2ccc(F)cc2)c1)c1ccn(COc2ccccc2[N+](=O)[O-])n1. The molecule has 0 radical (unpaired) electrons. The van der Waals surface area contributed by atoms with Gasteiger partial charge in [-0.05, 0) is 29.8 Å². The van der Waals surface area contributed by atoms with Gasteiger partial charge < -0.3 is 10.1 Å². The molecule has 11 heteroatoms. The first kappa shape index (κ1) is 20.7. The molecule has 32 heavy (non-hydrogen) atoms. The van der Waals surface area contributed by atoms with Crippen LogP contribution in [0.4, 0.5) is 15.8 Å². The fourth-order valence-corrected chi connectivity index (χ4v) is 2.91. The van der Waals surface area contributed by atoms with Crippen molar-refractivity contribution in [2.45, 2.75) is 13.3 Å². The number of benzene rings is 2.